The molecule has 4 rings (SSSR count). The zero-order valence-electron chi connectivity index (χ0n) is 19.5. The third kappa shape index (κ3) is 5.20. The van der Waals surface area contributed by atoms with Gasteiger partial charge in [0, 0.05) is 5.56 Å². The number of para-hydroxylation sites is 2. The first-order valence-electron chi connectivity index (χ1n) is 10.8. The SMILES string of the molecule is COc1cc(/C(C)=N\NC(=O)CSc2nc3ccccc3c(=O)n2-c2ccccc2C)ccc1O. The van der Waals surface area contributed by atoms with Gasteiger partial charge < -0.3 is 9.84 Å². The molecule has 1 aromatic heterocycles. The van der Waals surface area contributed by atoms with E-state index in [0.29, 0.717) is 38.8 Å². The van der Waals surface area contributed by atoms with Crippen molar-refractivity contribution in [2.45, 2.75) is 19.0 Å². The molecule has 0 saturated carbocycles. The van der Waals surface area contributed by atoms with E-state index < -0.39 is 0 Å². The molecule has 0 atom stereocenters. The molecule has 0 saturated heterocycles. The highest BCUT2D eigenvalue weighted by molar-refractivity contribution is 7.99. The van der Waals surface area contributed by atoms with Crippen LogP contribution in [0.15, 0.2) is 81.8 Å². The molecule has 35 heavy (non-hydrogen) atoms. The topological polar surface area (TPSA) is 106 Å². The van der Waals surface area contributed by atoms with Crippen LogP contribution >= 0.6 is 11.8 Å². The minimum Gasteiger partial charge on any atom is -0.504 e. The van der Waals surface area contributed by atoms with Gasteiger partial charge in [0.15, 0.2) is 16.7 Å². The van der Waals surface area contributed by atoms with Crippen molar-refractivity contribution >= 4 is 34.3 Å². The van der Waals surface area contributed by atoms with E-state index in [4.69, 9.17) is 4.74 Å². The molecule has 0 aliphatic heterocycles. The number of aromatic nitrogens is 2. The van der Waals surface area contributed by atoms with Gasteiger partial charge in [-0.3, -0.25) is 14.2 Å². The predicted octanol–water partition coefficient (Wildman–Crippen LogP) is 4.04. The van der Waals surface area contributed by atoms with Crippen LogP contribution in [0.25, 0.3) is 16.6 Å². The van der Waals surface area contributed by atoms with Crippen molar-refractivity contribution in [3.8, 4) is 17.2 Å². The zero-order chi connectivity index (χ0) is 24.9. The van der Waals surface area contributed by atoms with Gasteiger partial charge in [0.1, 0.15) is 0 Å². The van der Waals surface area contributed by atoms with Crippen LogP contribution in [0.2, 0.25) is 0 Å². The number of phenols is 1. The Bertz CT molecular complexity index is 1500. The zero-order valence-corrected chi connectivity index (χ0v) is 20.3. The quantitative estimate of drug-likeness (QED) is 0.176. The summed E-state index contributed by atoms with van der Waals surface area (Å²) in [6.45, 7) is 3.66. The van der Waals surface area contributed by atoms with E-state index in [1.54, 1.807) is 41.8 Å². The molecule has 0 aliphatic rings. The predicted molar refractivity (Wildman–Crippen MR) is 138 cm³/mol. The summed E-state index contributed by atoms with van der Waals surface area (Å²) in [6.07, 6.45) is 0. The van der Waals surface area contributed by atoms with Gasteiger partial charge in [0.25, 0.3) is 11.5 Å². The number of nitrogens with zero attached hydrogens (tertiary/aromatic N) is 3. The third-order valence-corrected chi connectivity index (χ3v) is 6.32. The normalized spacial score (nSPS) is 11.5. The van der Waals surface area contributed by atoms with Crippen molar-refractivity contribution in [2.24, 2.45) is 5.10 Å². The van der Waals surface area contributed by atoms with Gasteiger partial charge >= 0.3 is 0 Å². The maximum atomic E-state index is 13.4. The van der Waals surface area contributed by atoms with Gasteiger partial charge in [-0.1, -0.05) is 42.1 Å². The first-order valence-corrected chi connectivity index (χ1v) is 11.8. The maximum Gasteiger partial charge on any atom is 0.266 e. The van der Waals surface area contributed by atoms with Gasteiger partial charge in [-0.05, 0) is 55.8 Å². The summed E-state index contributed by atoms with van der Waals surface area (Å²) in [5.41, 5.74) is 5.78. The first kappa shape index (κ1) is 24.0. The molecule has 9 heteroatoms. The molecule has 8 nitrogen and oxygen atoms in total. The molecule has 0 radical (unpaired) electrons. The highest BCUT2D eigenvalue weighted by atomic mass is 32.2. The van der Waals surface area contributed by atoms with E-state index in [2.05, 4.69) is 15.5 Å². The van der Waals surface area contributed by atoms with E-state index in [1.807, 2.05) is 37.3 Å². The lowest BCUT2D eigenvalue weighted by Crippen LogP contribution is -2.25. The molecular formula is C26H24N4O4S. The Hall–Kier alpha value is -4.11. The number of amides is 1. The van der Waals surface area contributed by atoms with Crippen molar-refractivity contribution in [1.82, 2.24) is 15.0 Å². The lowest BCUT2D eigenvalue weighted by Gasteiger charge is -2.14. The van der Waals surface area contributed by atoms with Crippen molar-refractivity contribution in [3.63, 3.8) is 0 Å². The number of nitrogens with one attached hydrogen (secondary N) is 1. The highest BCUT2D eigenvalue weighted by Crippen LogP contribution is 2.26. The standard InChI is InChI=1S/C26H24N4O4S/c1-16-8-4-7-11-21(16)30-25(33)19-9-5-6-10-20(19)27-26(30)35-15-24(32)29-28-17(2)18-12-13-22(31)23(14-18)34-3/h4-14,31H,15H2,1-3H3,(H,29,32)/b28-17-. The number of methoxy groups -OCH3 is 1. The number of carbonyl (C=O) groups excluding carboxylic acids is 1. The fourth-order valence-electron chi connectivity index (χ4n) is 3.51. The van der Waals surface area contributed by atoms with Crippen LogP contribution in [-0.4, -0.2) is 39.1 Å². The Balaban J connectivity index is 1.57. The largest absolute Gasteiger partial charge is 0.504 e. The minimum absolute atomic E-state index is 0.00629. The Morgan fingerprint density at radius 1 is 1.14 bits per heavy atom. The second-order valence-electron chi connectivity index (χ2n) is 7.75. The van der Waals surface area contributed by atoms with Crippen LogP contribution in [0, 0.1) is 6.92 Å². The number of hydrogen-bond acceptors (Lipinski definition) is 7. The number of hydrogen-bond donors (Lipinski definition) is 2. The van der Waals surface area contributed by atoms with Crippen molar-refractivity contribution < 1.29 is 14.6 Å². The second kappa shape index (κ2) is 10.4. The van der Waals surface area contributed by atoms with Crippen LogP contribution in [0.4, 0.5) is 0 Å². The van der Waals surface area contributed by atoms with Crippen molar-refractivity contribution in [1.29, 1.82) is 0 Å². The Morgan fingerprint density at radius 3 is 2.66 bits per heavy atom. The molecule has 1 heterocycles. The summed E-state index contributed by atoms with van der Waals surface area (Å²) in [5.74, 6) is -0.00631. The number of phenolic OH excluding ortho intramolecular Hbond substituents is 1. The summed E-state index contributed by atoms with van der Waals surface area (Å²) in [6, 6.07) is 19.5. The molecule has 1 amide bonds. The van der Waals surface area contributed by atoms with E-state index >= 15 is 0 Å². The molecule has 0 fully saturated rings. The van der Waals surface area contributed by atoms with Gasteiger partial charge in [0.2, 0.25) is 0 Å². The maximum absolute atomic E-state index is 13.4. The summed E-state index contributed by atoms with van der Waals surface area (Å²) < 4.78 is 6.66. The lowest BCUT2D eigenvalue weighted by molar-refractivity contribution is -0.118. The molecule has 0 aliphatic carbocycles. The van der Waals surface area contributed by atoms with Gasteiger partial charge in [-0.15, -0.1) is 0 Å². The average Bonchev–Trinajstić information content (AvgIpc) is 2.87. The number of ether oxygens (including phenoxy) is 1. The lowest BCUT2D eigenvalue weighted by atomic mass is 10.1. The Labute approximate surface area is 206 Å². The van der Waals surface area contributed by atoms with Crippen LogP contribution in [-0.2, 0) is 4.79 Å². The van der Waals surface area contributed by atoms with Gasteiger partial charge in [-0.2, -0.15) is 5.10 Å². The summed E-state index contributed by atoms with van der Waals surface area (Å²) in [4.78, 5) is 30.6. The molecule has 4 aromatic rings. The Kier molecular flexibility index (Phi) is 7.17. The van der Waals surface area contributed by atoms with Crippen LogP contribution in [0.1, 0.15) is 18.1 Å². The highest BCUT2D eigenvalue weighted by Gasteiger charge is 2.16. The Morgan fingerprint density at radius 2 is 1.89 bits per heavy atom. The minimum atomic E-state index is -0.348. The van der Waals surface area contributed by atoms with Crippen LogP contribution < -0.4 is 15.7 Å². The molecule has 0 spiro atoms. The summed E-state index contributed by atoms with van der Waals surface area (Å²) >= 11 is 1.16. The number of carbonyl (C=O) groups is 1. The number of thioether (sulfide) groups is 1. The number of benzene rings is 3. The van der Waals surface area contributed by atoms with E-state index in [-0.39, 0.29) is 23.0 Å². The third-order valence-electron chi connectivity index (χ3n) is 5.38. The van der Waals surface area contributed by atoms with Gasteiger partial charge in [-0.25, -0.2) is 10.4 Å². The average molecular weight is 489 g/mol. The van der Waals surface area contributed by atoms with Crippen LogP contribution in [0.3, 0.4) is 0 Å². The van der Waals surface area contributed by atoms with Crippen molar-refractivity contribution in [2.75, 3.05) is 12.9 Å². The molecule has 178 valence electrons. The first-order chi connectivity index (χ1) is 16.9. The van der Waals surface area contributed by atoms with E-state index in [9.17, 15) is 14.7 Å². The van der Waals surface area contributed by atoms with Crippen molar-refractivity contribution in [3.05, 3.63) is 88.2 Å². The smallest absolute Gasteiger partial charge is 0.266 e. The number of fused-ring (bicyclic) bond motifs is 1. The van der Waals surface area contributed by atoms with E-state index in [1.165, 1.54) is 13.2 Å². The molecular weight excluding hydrogens is 464 g/mol. The summed E-state index contributed by atoms with van der Waals surface area (Å²) in [5, 5.41) is 14.8. The molecule has 0 bridgehead atoms. The fourth-order valence-corrected chi connectivity index (χ4v) is 4.31. The summed E-state index contributed by atoms with van der Waals surface area (Å²) in [7, 11) is 1.46. The molecule has 3 aromatic carbocycles. The number of aryl methyl sites for hydroxylation is 1. The number of hydrazone groups is 1. The van der Waals surface area contributed by atoms with Crippen LogP contribution in [0.5, 0.6) is 11.5 Å². The number of aromatic hydroxyl groups is 1. The van der Waals surface area contributed by atoms with Gasteiger partial charge in [0.05, 0.1) is 35.2 Å². The second-order valence-corrected chi connectivity index (χ2v) is 8.69. The number of rotatable bonds is 7. The molecule has 2 N–H and O–H groups in total. The molecule has 0 unspecified atom stereocenters. The fraction of sp³-hybridized carbons (Fsp3) is 0.154. The monoisotopic (exact) mass is 488 g/mol. The van der Waals surface area contributed by atoms with E-state index in [0.717, 1.165) is 17.3 Å².